The SMILES string of the molecule is Cc1cc(Cl)c(COC2CCCCO2)c(CC(O)(c2nc(C)cc(Cl)c2COC2CCCCO2)n2cccc(C#N)c2=O)n1. The molecule has 5 heterocycles. The van der Waals surface area contributed by atoms with Gasteiger partial charge in [0.1, 0.15) is 17.3 Å². The molecule has 2 aliphatic heterocycles. The molecule has 0 saturated carbocycles. The summed E-state index contributed by atoms with van der Waals surface area (Å²) in [5.74, 6) is 0. The van der Waals surface area contributed by atoms with Gasteiger partial charge in [-0.25, -0.2) is 0 Å². The van der Waals surface area contributed by atoms with Crippen molar-refractivity contribution in [3.63, 3.8) is 0 Å². The summed E-state index contributed by atoms with van der Waals surface area (Å²) in [6.07, 6.45) is 5.73. The van der Waals surface area contributed by atoms with Crippen LogP contribution < -0.4 is 5.56 Å². The van der Waals surface area contributed by atoms with E-state index in [1.165, 1.54) is 18.3 Å². The first-order valence-electron chi connectivity index (χ1n) is 14.8. The molecule has 3 aromatic heterocycles. The standard InChI is InChI=1S/C32H36Cl2N4O6/c1-20-14-25(33)23(18-43-28-9-3-5-12-41-28)27(36-20)16-32(40,38-11-7-8-22(17-35)31(38)39)30-24(26(34)15-21(2)37-30)19-44-29-10-4-6-13-42-29/h7-8,11,14-15,28-29,40H,3-6,9-10,12-13,16,18-19H2,1-2H3. The largest absolute Gasteiger partial charge is 0.365 e. The van der Waals surface area contributed by atoms with Gasteiger partial charge in [-0.1, -0.05) is 23.2 Å². The van der Waals surface area contributed by atoms with Crippen molar-refractivity contribution in [3.8, 4) is 6.07 Å². The van der Waals surface area contributed by atoms with Crippen molar-refractivity contribution < 1.29 is 24.1 Å². The monoisotopic (exact) mass is 642 g/mol. The van der Waals surface area contributed by atoms with E-state index >= 15 is 0 Å². The van der Waals surface area contributed by atoms with E-state index in [2.05, 4.69) is 0 Å². The molecular weight excluding hydrogens is 607 g/mol. The summed E-state index contributed by atoms with van der Waals surface area (Å²) in [5.41, 5.74) is -0.474. The first-order chi connectivity index (χ1) is 21.2. The molecule has 1 N–H and O–H groups in total. The van der Waals surface area contributed by atoms with Gasteiger partial charge in [0.05, 0.1) is 18.9 Å². The first kappa shape index (κ1) is 32.5. The highest BCUT2D eigenvalue weighted by Gasteiger charge is 2.40. The molecule has 234 valence electrons. The molecule has 2 aliphatic rings. The van der Waals surface area contributed by atoms with E-state index in [1.807, 2.05) is 6.07 Å². The van der Waals surface area contributed by atoms with Crippen LogP contribution in [-0.2, 0) is 44.3 Å². The molecule has 0 radical (unpaired) electrons. The summed E-state index contributed by atoms with van der Waals surface area (Å²) in [7, 11) is 0. The van der Waals surface area contributed by atoms with Gasteiger partial charge in [0.15, 0.2) is 18.3 Å². The van der Waals surface area contributed by atoms with Gasteiger partial charge in [0, 0.05) is 58.4 Å². The number of pyridine rings is 3. The Labute approximate surface area is 266 Å². The Kier molecular flexibility index (Phi) is 10.7. The molecule has 3 unspecified atom stereocenters. The lowest BCUT2D eigenvalue weighted by atomic mass is 9.94. The van der Waals surface area contributed by atoms with Crippen LogP contribution in [0.15, 0.2) is 35.3 Å². The van der Waals surface area contributed by atoms with Crippen LogP contribution in [0.5, 0.6) is 0 Å². The van der Waals surface area contributed by atoms with Gasteiger partial charge in [-0.3, -0.25) is 19.3 Å². The Morgan fingerprint density at radius 1 is 1.00 bits per heavy atom. The highest BCUT2D eigenvalue weighted by atomic mass is 35.5. The van der Waals surface area contributed by atoms with Crippen LogP contribution in [0.1, 0.15) is 78.0 Å². The lowest BCUT2D eigenvalue weighted by molar-refractivity contribution is -0.169. The van der Waals surface area contributed by atoms with Gasteiger partial charge >= 0.3 is 0 Å². The zero-order valence-corrected chi connectivity index (χ0v) is 26.4. The van der Waals surface area contributed by atoms with Crippen molar-refractivity contribution in [2.24, 2.45) is 0 Å². The van der Waals surface area contributed by atoms with Crippen LogP contribution >= 0.6 is 23.2 Å². The number of hydrogen-bond acceptors (Lipinski definition) is 9. The van der Waals surface area contributed by atoms with E-state index in [4.69, 9.17) is 52.1 Å². The summed E-state index contributed by atoms with van der Waals surface area (Å²) < 4.78 is 24.7. The normalized spacial score (nSPS) is 20.2. The van der Waals surface area contributed by atoms with Crippen molar-refractivity contribution in [3.05, 3.63) is 90.3 Å². The topological polar surface area (TPSA) is 129 Å². The number of aromatic nitrogens is 3. The molecular formula is C32H36Cl2N4O6. The summed E-state index contributed by atoms with van der Waals surface area (Å²) in [6, 6.07) is 8.22. The summed E-state index contributed by atoms with van der Waals surface area (Å²) in [6.45, 7) is 4.78. The van der Waals surface area contributed by atoms with Crippen LogP contribution in [0, 0.1) is 25.2 Å². The number of ether oxygens (including phenoxy) is 4. The maximum absolute atomic E-state index is 13.6. The maximum atomic E-state index is 13.6. The van der Waals surface area contributed by atoms with Gasteiger partial charge in [0.25, 0.3) is 5.56 Å². The van der Waals surface area contributed by atoms with Crippen molar-refractivity contribution in [2.45, 2.75) is 90.3 Å². The summed E-state index contributed by atoms with van der Waals surface area (Å²) in [4.78, 5) is 23.1. The minimum Gasteiger partial charge on any atom is -0.365 e. The van der Waals surface area contributed by atoms with Crippen molar-refractivity contribution in [2.75, 3.05) is 13.2 Å². The van der Waals surface area contributed by atoms with E-state index in [0.29, 0.717) is 51.5 Å². The Bertz CT molecular complexity index is 1580. The van der Waals surface area contributed by atoms with E-state index in [-0.39, 0.29) is 37.2 Å². The van der Waals surface area contributed by atoms with Crippen molar-refractivity contribution in [1.29, 1.82) is 5.26 Å². The Hall–Kier alpha value is -2.88. The smallest absolute Gasteiger partial charge is 0.271 e. The third kappa shape index (κ3) is 7.32. The number of halogens is 2. The molecule has 2 saturated heterocycles. The minimum absolute atomic E-state index is 0.0297. The summed E-state index contributed by atoms with van der Waals surface area (Å²) in [5, 5.41) is 23.2. The number of aliphatic hydroxyl groups is 1. The fourth-order valence-electron chi connectivity index (χ4n) is 5.57. The lowest BCUT2D eigenvalue weighted by Gasteiger charge is -2.33. The molecule has 3 aromatic rings. The third-order valence-electron chi connectivity index (χ3n) is 7.84. The number of nitrogens with zero attached hydrogens (tertiary/aromatic N) is 4. The molecule has 0 amide bonds. The van der Waals surface area contributed by atoms with Crippen molar-refractivity contribution in [1.82, 2.24) is 14.5 Å². The zero-order valence-electron chi connectivity index (χ0n) is 24.9. The van der Waals surface area contributed by atoms with Gasteiger partial charge in [-0.2, -0.15) is 5.26 Å². The van der Waals surface area contributed by atoms with Crippen LogP contribution in [0.4, 0.5) is 0 Å². The first-order valence-corrected chi connectivity index (χ1v) is 15.6. The fraction of sp³-hybridized carbons (Fsp3) is 0.500. The third-order valence-corrected chi connectivity index (χ3v) is 8.52. The number of rotatable bonds is 10. The molecule has 2 fully saturated rings. The Morgan fingerprint density at radius 2 is 1.59 bits per heavy atom. The van der Waals surface area contributed by atoms with Gasteiger partial charge < -0.3 is 24.1 Å². The molecule has 44 heavy (non-hydrogen) atoms. The van der Waals surface area contributed by atoms with Crippen LogP contribution in [-0.4, -0.2) is 45.4 Å². The van der Waals surface area contributed by atoms with E-state index in [0.717, 1.165) is 43.1 Å². The molecule has 10 nitrogen and oxygen atoms in total. The lowest BCUT2D eigenvalue weighted by Crippen LogP contribution is -2.46. The Morgan fingerprint density at radius 3 is 2.18 bits per heavy atom. The quantitative estimate of drug-likeness (QED) is 0.307. The molecule has 12 heteroatoms. The van der Waals surface area contributed by atoms with Crippen LogP contribution in [0.25, 0.3) is 0 Å². The number of hydrogen-bond donors (Lipinski definition) is 1. The van der Waals surface area contributed by atoms with Crippen LogP contribution in [0.3, 0.4) is 0 Å². The van der Waals surface area contributed by atoms with Gasteiger partial charge in [-0.05, 0) is 76.6 Å². The maximum Gasteiger partial charge on any atom is 0.271 e. The van der Waals surface area contributed by atoms with Crippen molar-refractivity contribution >= 4 is 23.2 Å². The molecule has 5 rings (SSSR count). The molecule has 0 spiro atoms. The predicted molar refractivity (Wildman–Crippen MR) is 163 cm³/mol. The van der Waals surface area contributed by atoms with E-state index < -0.39 is 17.6 Å². The Balaban J connectivity index is 1.62. The highest BCUT2D eigenvalue weighted by molar-refractivity contribution is 6.31. The van der Waals surface area contributed by atoms with E-state index in [9.17, 15) is 15.2 Å². The number of aryl methyl sites for hydroxylation is 2. The summed E-state index contributed by atoms with van der Waals surface area (Å²) >= 11 is 13.5. The minimum atomic E-state index is -2.16. The molecule has 0 aliphatic carbocycles. The van der Waals surface area contributed by atoms with Gasteiger partial charge in [-0.15, -0.1) is 0 Å². The molecule has 0 aromatic carbocycles. The number of nitriles is 1. The molecule has 3 atom stereocenters. The van der Waals surface area contributed by atoms with Gasteiger partial charge in [0.2, 0.25) is 0 Å². The average molecular weight is 644 g/mol. The highest BCUT2D eigenvalue weighted by Crippen LogP contribution is 2.35. The second-order valence-electron chi connectivity index (χ2n) is 11.2. The zero-order chi connectivity index (χ0) is 31.3. The fourth-order valence-corrected chi connectivity index (χ4v) is 6.20. The van der Waals surface area contributed by atoms with Crippen LogP contribution in [0.2, 0.25) is 10.0 Å². The second-order valence-corrected chi connectivity index (χ2v) is 12.0. The average Bonchev–Trinajstić information content (AvgIpc) is 3.01. The second kappa shape index (κ2) is 14.5. The van der Waals surface area contributed by atoms with E-state index in [1.54, 1.807) is 26.0 Å². The molecule has 0 bridgehead atoms. The predicted octanol–water partition coefficient (Wildman–Crippen LogP) is 5.46.